The van der Waals surface area contributed by atoms with E-state index in [0.29, 0.717) is 0 Å². The molecule has 0 saturated carbocycles. The van der Waals surface area contributed by atoms with Crippen LogP contribution in [-0.2, 0) is 0 Å². The van der Waals surface area contributed by atoms with Crippen LogP contribution in [-0.4, -0.2) is 13.6 Å². The van der Waals surface area contributed by atoms with Crippen LogP contribution in [0.1, 0.15) is 13.3 Å². The quantitative estimate of drug-likeness (QED) is 0.501. The molecular weight excluding hydrogens is 74.1 g/mol. The minimum absolute atomic E-state index is 1.11. The lowest BCUT2D eigenvalue weighted by atomic mass is 10.3. The number of unbranched alkanes of at least 4 members (excludes halogenated alkanes) is 1. The van der Waals surface area contributed by atoms with Gasteiger partial charge in [0.15, 0.2) is 0 Å². The lowest BCUT2D eigenvalue weighted by Crippen LogP contribution is -2.06. The van der Waals surface area contributed by atoms with E-state index in [1.165, 1.54) is 6.42 Å². The Morgan fingerprint density at radius 2 is 2.33 bits per heavy atom. The van der Waals surface area contributed by atoms with E-state index in [9.17, 15) is 0 Å². The Balaban J connectivity index is 2.34. The number of hydrogen-bond donors (Lipinski definition) is 1. The fourth-order valence-corrected chi connectivity index (χ4v) is 0.289. The van der Waals surface area contributed by atoms with E-state index in [2.05, 4.69) is 18.7 Å². The molecule has 0 aliphatic rings. The summed E-state index contributed by atoms with van der Waals surface area (Å²) in [6, 6.07) is 0. The van der Waals surface area contributed by atoms with Gasteiger partial charge in [-0.3, -0.25) is 0 Å². The predicted molar refractivity (Wildman–Crippen MR) is 28.5 cm³/mol. The van der Waals surface area contributed by atoms with Gasteiger partial charge in [0, 0.05) is 0 Å². The summed E-state index contributed by atoms with van der Waals surface area (Å²) in [5, 5.41) is 3.04. The van der Waals surface area contributed by atoms with Gasteiger partial charge in [-0.15, -0.1) is 0 Å². The van der Waals surface area contributed by atoms with Crippen molar-refractivity contribution < 1.29 is 0 Å². The molecule has 0 aromatic carbocycles. The predicted octanol–water partition coefficient (Wildman–Crippen LogP) is 0.820. The van der Waals surface area contributed by atoms with Gasteiger partial charge in [-0.05, 0) is 26.4 Å². The molecule has 0 fully saturated rings. The van der Waals surface area contributed by atoms with Gasteiger partial charge in [0.1, 0.15) is 0 Å². The SMILES string of the molecule is C[CH]CCNC. The van der Waals surface area contributed by atoms with Crippen molar-refractivity contribution in [3.8, 4) is 0 Å². The molecule has 1 nitrogen and oxygen atoms in total. The van der Waals surface area contributed by atoms with Crippen LogP contribution in [0.4, 0.5) is 0 Å². The average Bonchev–Trinajstić information content (AvgIpc) is 1.61. The van der Waals surface area contributed by atoms with Crippen molar-refractivity contribution >= 4 is 0 Å². The highest BCUT2D eigenvalue weighted by atomic mass is 14.8. The van der Waals surface area contributed by atoms with Gasteiger partial charge in [-0.1, -0.05) is 6.92 Å². The van der Waals surface area contributed by atoms with Gasteiger partial charge in [0.2, 0.25) is 0 Å². The first kappa shape index (κ1) is 5.96. The van der Waals surface area contributed by atoms with Crippen molar-refractivity contribution in [1.82, 2.24) is 5.32 Å². The van der Waals surface area contributed by atoms with Gasteiger partial charge in [-0.25, -0.2) is 0 Å². The van der Waals surface area contributed by atoms with Gasteiger partial charge in [-0.2, -0.15) is 0 Å². The third kappa shape index (κ3) is 3.96. The second-order valence-electron chi connectivity index (χ2n) is 1.30. The monoisotopic (exact) mass is 86.1 g/mol. The molecule has 0 aromatic rings. The fourth-order valence-electron chi connectivity index (χ4n) is 0.289. The summed E-state index contributed by atoms with van der Waals surface area (Å²) in [6.45, 7) is 3.17. The maximum Gasteiger partial charge on any atom is -0.00493 e. The Morgan fingerprint density at radius 3 is 2.50 bits per heavy atom. The molecule has 1 heteroatoms. The van der Waals surface area contributed by atoms with E-state index < -0.39 is 0 Å². The first-order valence-electron chi connectivity index (χ1n) is 2.34. The van der Waals surface area contributed by atoms with E-state index >= 15 is 0 Å². The first-order chi connectivity index (χ1) is 2.91. The van der Waals surface area contributed by atoms with Crippen LogP contribution < -0.4 is 5.32 Å². The van der Waals surface area contributed by atoms with E-state index in [0.717, 1.165) is 6.54 Å². The molecule has 0 aromatic heterocycles. The summed E-state index contributed by atoms with van der Waals surface area (Å²) in [5.41, 5.74) is 0. The maximum absolute atomic E-state index is 3.04. The fraction of sp³-hybridized carbons (Fsp3) is 0.800. The lowest BCUT2D eigenvalue weighted by molar-refractivity contribution is 0.782. The van der Waals surface area contributed by atoms with E-state index in [-0.39, 0.29) is 0 Å². The van der Waals surface area contributed by atoms with Crippen LogP contribution in [0.15, 0.2) is 0 Å². The number of rotatable bonds is 3. The Labute approximate surface area is 39.7 Å². The molecular formula is C5H12N. The molecule has 0 atom stereocenters. The van der Waals surface area contributed by atoms with Gasteiger partial charge >= 0.3 is 0 Å². The molecule has 0 spiro atoms. The minimum atomic E-state index is 1.11. The molecule has 0 rings (SSSR count). The molecule has 0 heterocycles. The minimum Gasteiger partial charge on any atom is -0.320 e. The third-order valence-corrected chi connectivity index (χ3v) is 0.683. The molecule has 0 aliphatic carbocycles. The summed E-state index contributed by atoms with van der Waals surface area (Å²) < 4.78 is 0. The Kier molecular flexibility index (Phi) is 4.93. The summed E-state index contributed by atoms with van der Waals surface area (Å²) in [6.07, 6.45) is 3.33. The normalized spacial score (nSPS) is 9.00. The van der Waals surface area contributed by atoms with Crippen molar-refractivity contribution in [1.29, 1.82) is 0 Å². The van der Waals surface area contributed by atoms with Crippen LogP contribution in [0.2, 0.25) is 0 Å². The summed E-state index contributed by atoms with van der Waals surface area (Å²) >= 11 is 0. The highest BCUT2D eigenvalue weighted by molar-refractivity contribution is 4.55. The van der Waals surface area contributed by atoms with Crippen LogP contribution in [0.5, 0.6) is 0 Å². The maximum atomic E-state index is 3.04. The van der Waals surface area contributed by atoms with Crippen molar-refractivity contribution in [2.24, 2.45) is 0 Å². The van der Waals surface area contributed by atoms with Crippen LogP contribution in [0, 0.1) is 6.42 Å². The zero-order valence-corrected chi connectivity index (χ0v) is 4.49. The summed E-state index contributed by atoms with van der Waals surface area (Å²) in [4.78, 5) is 0. The molecule has 0 bridgehead atoms. The first-order valence-corrected chi connectivity index (χ1v) is 2.34. The topological polar surface area (TPSA) is 12.0 Å². The highest BCUT2D eigenvalue weighted by Crippen LogP contribution is 1.77. The molecule has 0 unspecified atom stereocenters. The van der Waals surface area contributed by atoms with E-state index in [1.54, 1.807) is 0 Å². The smallest absolute Gasteiger partial charge is 0.00493 e. The Bertz CT molecular complexity index is 15.9. The van der Waals surface area contributed by atoms with E-state index in [4.69, 9.17) is 0 Å². The second kappa shape index (κ2) is 4.96. The molecule has 1 N–H and O–H groups in total. The zero-order valence-electron chi connectivity index (χ0n) is 4.49. The molecule has 6 heavy (non-hydrogen) atoms. The number of hydrogen-bond acceptors (Lipinski definition) is 1. The lowest BCUT2D eigenvalue weighted by Gasteiger charge is -1.89. The summed E-state index contributed by atoms with van der Waals surface area (Å²) in [7, 11) is 1.96. The van der Waals surface area contributed by atoms with Crippen LogP contribution in [0.3, 0.4) is 0 Å². The standard InChI is InChI=1S/C5H12N/c1-3-4-5-6-2/h3,6H,4-5H2,1-2H3. The van der Waals surface area contributed by atoms with Gasteiger partial charge in [0.05, 0.1) is 0 Å². The van der Waals surface area contributed by atoms with Crippen molar-refractivity contribution in [2.75, 3.05) is 13.6 Å². The Hall–Kier alpha value is -0.0400. The molecule has 37 valence electrons. The zero-order chi connectivity index (χ0) is 4.83. The highest BCUT2D eigenvalue weighted by Gasteiger charge is 1.73. The molecule has 1 radical (unpaired) electrons. The molecule has 0 saturated heterocycles. The van der Waals surface area contributed by atoms with Gasteiger partial charge < -0.3 is 5.32 Å². The average molecular weight is 86.2 g/mol. The van der Waals surface area contributed by atoms with Crippen LogP contribution >= 0.6 is 0 Å². The van der Waals surface area contributed by atoms with Gasteiger partial charge in [0.25, 0.3) is 0 Å². The van der Waals surface area contributed by atoms with Crippen molar-refractivity contribution in [2.45, 2.75) is 13.3 Å². The molecule has 0 aliphatic heterocycles. The van der Waals surface area contributed by atoms with Crippen molar-refractivity contribution in [3.63, 3.8) is 0 Å². The van der Waals surface area contributed by atoms with Crippen LogP contribution in [0.25, 0.3) is 0 Å². The second-order valence-corrected chi connectivity index (χ2v) is 1.30. The molecule has 0 amide bonds. The largest absolute Gasteiger partial charge is 0.320 e. The van der Waals surface area contributed by atoms with E-state index in [1.807, 2.05) is 7.05 Å². The summed E-state index contributed by atoms with van der Waals surface area (Å²) in [5.74, 6) is 0. The number of nitrogens with one attached hydrogen (secondary N) is 1. The third-order valence-electron chi connectivity index (χ3n) is 0.683. The van der Waals surface area contributed by atoms with Crippen molar-refractivity contribution in [3.05, 3.63) is 6.42 Å². The Morgan fingerprint density at radius 1 is 1.67 bits per heavy atom.